The predicted octanol–water partition coefficient (Wildman–Crippen LogP) is 3.09. The summed E-state index contributed by atoms with van der Waals surface area (Å²) < 4.78 is 11.2. The van der Waals surface area contributed by atoms with Gasteiger partial charge in [0.1, 0.15) is 0 Å². The van der Waals surface area contributed by atoms with Crippen LogP contribution in [0.1, 0.15) is 20.7 Å². The molecule has 1 rings (SSSR count). The van der Waals surface area contributed by atoms with E-state index in [-0.39, 0.29) is 23.6 Å². The maximum Gasteiger partial charge on any atom is 0.338 e. The number of aromatic carboxylic acids is 2. The van der Waals surface area contributed by atoms with Crippen LogP contribution < -0.4 is 0 Å². The molecule has 5 nitrogen and oxygen atoms in total. The number of carboxylic acid groups (broad SMARTS) is 2. The van der Waals surface area contributed by atoms with Gasteiger partial charge in [-0.1, -0.05) is 0 Å². The van der Waals surface area contributed by atoms with Crippen molar-refractivity contribution >= 4 is 65.0 Å². The molecule has 86 valence electrons. The first-order valence-electron chi connectivity index (χ1n) is 3.65. The molecule has 0 radical (unpaired) electrons. The van der Waals surface area contributed by atoms with Crippen LogP contribution in [0.2, 0.25) is 0 Å². The minimum absolute atomic E-state index is 0.0683. The lowest BCUT2D eigenvalue weighted by atomic mass is 10.1. The zero-order valence-electron chi connectivity index (χ0n) is 7.33. The summed E-state index contributed by atoms with van der Waals surface area (Å²) in [6, 6.07) is 1.23. The van der Waals surface area contributed by atoms with Gasteiger partial charge >= 0.3 is 11.9 Å². The van der Waals surface area contributed by atoms with Crippen molar-refractivity contribution in [2.24, 2.45) is 0 Å². The Labute approximate surface area is 117 Å². The van der Waals surface area contributed by atoms with Gasteiger partial charge in [-0.2, -0.15) is 0 Å². The third-order valence-electron chi connectivity index (χ3n) is 1.68. The van der Waals surface area contributed by atoms with Crippen LogP contribution in [0.5, 0.6) is 0 Å². The van der Waals surface area contributed by atoms with Crippen LogP contribution in [0.4, 0.5) is 0 Å². The second-order valence-corrected chi connectivity index (χ2v) is 5.76. The third kappa shape index (κ3) is 2.48. The zero-order valence-corrected chi connectivity index (χ0v) is 12.7. The lowest BCUT2D eigenvalue weighted by Crippen LogP contribution is -2.08. The summed E-state index contributed by atoms with van der Waals surface area (Å²) in [7, 11) is 0. The molecule has 0 heterocycles. The van der Waals surface area contributed by atoms with E-state index in [2.05, 4.69) is 31.9 Å². The van der Waals surface area contributed by atoms with Crippen LogP contribution >= 0.6 is 53.1 Å². The van der Waals surface area contributed by atoms with Crippen LogP contribution in [0.15, 0.2) is 15.0 Å². The molecule has 1 aromatic rings. The van der Waals surface area contributed by atoms with Gasteiger partial charge in [0, 0.05) is 8.95 Å². The fourth-order valence-electron chi connectivity index (χ4n) is 1.02. The van der Waals surface area contributed by atoms with E-state index in [0.717, 1.165) is 0 Å². The molecule has 0 aliphatic heterocycles. The number of carbonyl (C=O) groups is 2. The molecule has 0 aromatic heterocycles. The van der Waals surface area contributed by atoms with Crippen molar-refractivity contribution in [3.05, 3.63) is 29.7 Å². The predicted molar refractivity (Wildman–Crippen MR) is 69.2 cm³/mol. The number of carboxylic acids is 2. The standard InChI is InChI=1S/C8H3Br2IO5/c9-3-1-2(7(12)13)5(10)4(8(14)15)6(3)11-16/h1H,(H,12,13)(H,14,15). The molecular formula is C8H3Br2IO5. The Kier molecular flexibility index (Phi) is 4.56. The molecule has 0 saturated carbocycles. The molecule has 0 aliphatic rings. The van der Waals surface area contributed by atoms with Gasteiger partial charge in [0.15, 0.2) is 21.2 Å². The summed E-state index contributed by atoms with van der Waals surface area (Å²) in [6.07, 6.45) is 0. The number of halogens is 3. The van der Waals surface area contributed by atoms with Crippen LogP contribution in [0.25, 0.3) is 0 Å². The van der Waals surface area contributed by atoms with Crippen LogP contribution in [-0.4, -0.2) is 22.2 Å². The number of hydrogen-bond acceptors (Lipinski definition) is 3. The second-order valence-electron chi connectivity index (χ2n) is 2.60. The summed E-state index contributed by atoms with van der Waals surface area (Å²) in [6.45, 7) is 0. The van der Waals surface area contributed by atoms with E-state index in [9.17, 15) is 12.7 Å². The van der Waals surface area contributed by atoms with Crippen LogP contribution in [0.3, 0.4) is 0 Å². The Bertz CT molecular complexity index is 500. The zero-order chi connectivity index (χ0) is 12.5. The molecule has 8 heteroatoms. The van der Waals surface area contributed by atoms with E-state index >= 15 is 0 Å². The van der Waals surface area contributed by atoms with Crippen molar-refractivity contribution < 1.29 is 22.9 Å². The molecule has 16 heavy (non-hydrogen) atoms. The van der Waals surface area contributed by atoms with Crippen molar-refractivity contribution in [2.45, 2.75) is 0 Å². The Hall–Kier alpha value is -0.350. The number of benzene rings is 1. The highest BCUT2D eigenvalue weighted by Gasteiger charge is 2.23. The molecule has 0 unspecified atom stereocenters. The molecule has 0 atom stereocenters. The minimum atomic E-state index is -1.72. The first-order chi connectivity index (χ1) is 7.40. The maximum atomic E-state index is 11.0. The van der Waals surface area contributed by atoms with E-state index in [0.29, 0.717) is 0 Å². The van der Waals surface area contributed by atoms with Crippen molar-refractivity contribution in [2.75, 3.05) is 0 Å². The van der Waals surface area contributed by atoms with Gasteiger partial charge in [0.05, 0.1) is 14.7 Å². The summed E-state index contributed by atoms with van der Waals surface area (Å²) in [5.74, 6) is -2.58. The van der Waals surface area contributed by atoms with Crippen molar-refractivity contribution in [3.8, 4) is 0 Å². The highest BCUT2D eigenvalue weighted by Crippen LogP contribution is 2.34. The fraction of sp³-hybridized carbons (Fsp3) is 0. The van der Waals surface area contributed by atoms with Gasteiger partial charge in [0.2, 0.25) is 0 Å². The van der Waals surface area contributed by atoms with E-state index < -0.39 is 33.1 Å². The van der Waals surface area contributed by atoms with Crippen molar-refractivity contribution in [3.63, 3.8) is 0 Å². The molecule has 0 saturated heterocycles. The Balaban J connectivity index is 3.72. The summed E-state index contributed by atoms with van der Waals surface area (Å²) in [5, 5.41) is 17.8. The van der Waals surface area contributed by atoms with E-state index in [1.807, 2.05) is 0 Å². The lowest BCUT2D eigenvalue weighted by molar-refractivity contribution is 0.0694. The Morgan fingerprint density at radius 2 is 1.75 bits per heavy atom. The van der Waals surface area contributed by atoms with Crippen LogP contribution in [0, 0.1) is 3.57 Å². The highest BCUT2D eigenvalue weighted by atomic mass is 127. The largest absolute Gasteiger partial charge is 0.478 e. The van der Waals surface area contributed by atoms with Gasteiger partial charge in [-0.15, -0.1) is 0 Å². The van der Waals surface area contributed by atoms with E-state index in [1.165, 1.54) is 6.07 Å². The average molecular weight is 466 g/mol. The van der Waals surface area contributed by atoms with E-state index in [4.69, 9.17) is 10.2 Å². The molecule has 1 aromatic carbocycles. The Morgan fingerprint density at radius 3 is 2.12 bits per heavy atom. The topological polar surface area (TPSA) is 91.7 Å². The van der Waals surface area contributed by atoms with Crippen molar-refractivity contribution in [1.82, 2.24) is 0 Å². The highest BCUT2D eigenvalue weighted by molar-refractivity contribution is 14.1. The molecule has 2 N–H and O–H groups in total. The van der Waals surface area contributed by atoms with Gasteiger partial charge in [0.25, 0.3) is 0 Å². The lowest BCUT2D eigenvalue weighted by Gasteiger charge is -2.07. The smallest absolute Gasteiger partial charge is 0.338 e. The summed E-state index contributed by atoms with van der Waals surface area (Å²) in [5.41, 5.74) is -0.458. The summed E-state index contributed by atoms with van der Waals surface area (Å²) >= 11 is 4.20. The number of rotatable bonds is 3. The quantitative estimate of drug-likeness (QED) is 0.529. The molecule has 0 bridgehead atoms. The average Bonchev–Trinajstić information content (AvgIpc) is 2.19. The first kappa shape index (κ1) is 13.7. The molecule has 0 spiro atoms. The molecule has 0 aliphatic carbocycles. The van der Waals surface area contributed by atoms with Crippen LogP contribution in [-0.2, 0) is 3.07 Å². The second kappa shape index (κ2) is 5.32. The fourth-order valence-corrected chi connectivity index (χ4v) is 3.97. The molecular weight excluding hydrogens is 463 g/mol. The SMILES string of the molecule is O=Ic1c(Br)cc(C(=O)O)c(Br)c1C(=O)O. The van der Waals surface area contributed by atoms with Crippen molar-refractivity contribution in [1.29, 1.82) is 0 Å². The third-order valence-corrected chi connectivity index (χ3v) is 5.43. The van der Waals surface area contributed by atoms with E-state index in [1.54, 1.807) is 0 Å². The maximum absolute atomic E-state index is 11.0. The van der Waals surface area contributed by atoms with Gasteiger partial charge in [-0.05, 0) is 37.9 Å². The monoisotopic (exact) mass is 464 g/mol. The van der Waals surface area contributed by atoms with Gasteiger partial charge in [-0.3, -0.25) is 3.07 Å². The summed E-state index contributed by atoms with van der Waals surface area (Å²) in [4.78, 5) is 21.8. The van der Waals surface area contributed by atoms with Gasteiger partial charge < -0.3 is 10.2 Å². The minimum Gasteiger partial charge on any atom is -0.478 e. The first-order valence-corrected chi connectivity index (χ1v) is 7.20. The molecule has 0 amide bonds. The normalized spacial score (nSPS) is 10.1. The molecule has 0 fully saturated rings. The Morgan fingerprint density at radius 1 is 1.19 bits per heavy atom. The number of hydrogen-bond donors (Lipinski definition) is 2. The van der Waals surface area contributed by atoms with Gasteiger partial charge in [-0.25, -0.2) is 9.59 Å².